The van der Waals surface area contributed by atoms with E-state index in [0.717, 1.165) is 12.1 Å². The number of pyridine rings is 1. The summed E-state index contributed by atoms with van der Waals surface area (Å²) in [5.74, 6) is 0.560. The van der Waals surface area contributed by atoms with Gasteiger partial charge in [0.05, 0.1) is 11.3 Å². The molecule has 0 spiro atoms. The molecule has 0 bridgehead atoms. The van der Waals surface area contributed by atoms with Crippen LogP contribution in [0.2, 0.25) is 0 Å². The second-order valence-corrected chi connectivity index (χ2v) is 8.33. The van der Waals surface area contributed by atoms with E-state index >= 15 is 0 Å². The number of aromatic nitrogens is 1. The van der Waals surface area contributed by atoms with Crippen LogP contribution < -0.4 is 30.7 Å². The molecule has 38 heavy (non-hydrogen) atoms. The quantitative estimate of drug-likeness (QED) is 0.265. The normalized spacial score (nSPS) is 11.1. The van der Waals surface area contributed by atoms with Gasteiger partial charge in [0, 0.05) is 37.6 Å². The molecule has 4 N–H and O–H groups in total. The largest absolute Gasteiger partial charge is 0.490 e. The van der Waals surface area contributed by atoms with E-state index in [0.29, 0.717) is 23.7 Å². The molecule has 1 heterocycles. The molecule has 0 saturated heterocycles. The highest BCUT2D eigenvalue weighted by Gasteiger charge is 2.31. The third kappa shape index (κ3) is 8.37. The maximum atomic E-state index is 13.2. The Morgan fingerprint density at radius 1 is 0.974 bits per heavy atom. The Morgan fingerprint density at radius 2 is 1.71 bits per heavy atom. The molecule has 9 nitrogen and oxygen atoms in total. The van der Waals surface area contributed by atoms with Crippen molar-refractivity contribution < 1.29 is 32.2 Å². The summed E-state index contributed by atoms with van der Waals surface area (Å²) >= 11 is 0. The predicted molar refractivity (Wildman–Crippen MR) is 137 cm³/mol. The molecular weight excluding hydrogens is 503 g/mol. The van der Waals surface area contributed by atoms with Gasteiger partial charge in [0.1, 0.15) is 29.5 Å². The fourth-order valence-electron chi connectivity index (χ4n) is 3.19. The molecule has 0 fully saturated rings. The van der Waals surface area contributed by atoms with E-state index in [1.807, 2.05) is 13.8 Å². The summed E-state index contributed by atoms with van der Waals surface area (Å²) in [5, 5.41) is 10.6. The molecule has 12 heteroatoms. The molecule has 2 aromatic carbocycles. The lowest BCUT2D eigenvalue weighted by Gasteiger charge is -2.16. The lowest BCUT2D eigenvalue weighted by molar-refractivity contribution is -0.137. The van der Waals surface area contributed by atoms with Crippen molar-refractivity contribution in [1.82, 2.24) is 15.6 Å². The highest BCUT2D eigenvalue weighted by Crippen LogP contribution is 2.35. The van der Waals surface area contributed by atoms with Crippen molar-refractivity contribution in [3.05, 3.63) is 72.1 Å². The number of alkyl halides is 3. The van der Waals surface area contributed by atoms with Crippen LogP contribution in [0.4, 0.5) is 29.3 Å². The predicted octanol–water partition coefficient (Wildman–Crippen LogP) is 5.27. The van der Waals surface area contributed by atoms with E-state index in [-0.39, 0.29) is 35.7 Å². The second kappa shape index (κ2) is 12.8. The van der Waals surface area contributed by atoms with Gasteiger partial charge in [0.15, 0.2) is 0 Å². The van der Waals surface area contributed by atoms with Crippen molar-refractivity contribution in [2.45, 2.75) is 26.1 Å². The zero-order valence-electron chi connectivity index (χ0n) is 21.0. The highest BCUT2D eigenvalue weighted by atomic mass is 19.4. The molecule has 202 valence electrons. The number of carbonyl (C=O) groups excluding carboxylic acids is 2. The third-order valence-electron chi connectivity index (χ3n) is 5.01. The Hall–Kier alpha value is -4.32. The minimum absolute atomic E-state index is 0.107. The number of carbonyl (C=O) groups is 2. The number of benzene rings is 2. The number of amides is 3. The Balaban J connectivity index is 1.66. The smallest absolute Gasteiger partial charge is 0.416 e. The van der Waals surface area contributed by atoms with Crippen LogP contribution >= 0.6 is 0 Å². The van der Waals surface area contributed by atoms with Gasteiger partial charge < -0.3 is 30.7 Å². The molecular formula is C26H28F3N5O4. The van der Waals surface area contributed by atoms with Gasteiger partial charge in [-0.2, -0.15) is 13.2 Å². The Morgan fingerprint density at radius 3 is 2.37 bits per heavy atom. The van der Waals surface area contributed by atoms with Crippen LogP contribution in [0.15, 0.2) is 60.8 Å². The van der Waals surface area contributed by atoms with Gasteiger partial charge in [-0.05, 0) is 48.5 Å². The first-order chi connectivity index (χ1) is 18.0. The van der Waals surface area contributed by atoms with Gasteiger partial charge in [-0.25, -0.2) is 4.79 Å². The second-order valence-electron chi connectivity index (χ2n) is 8.33. The summed E-state index contributed by atoms with van der Waals surface area (Å²) in [6.07, 6.45) is -3.15. The van der Waals surface area contributed by atoms with E-state index in [9.17, 15) is 22.8 Å². The van der Waals surface area contributed by atoms with Crippen LogP contribution in [0.1, 0.15) is 29.9 Å². The number of rotatable bonds is 10. The fraction of sp³-hybridized carbons (Fsp3) is 0.269. The van der Waals surface area contributed by atoms with Gasteiger partial charge >= 0.3 is 12.2 Å². The van der Waals surface area contributed by atoms with Crippen molar-refractivity contribution in [2.24, 2.45) is 0 Å². The van der Waals surface area contributed by atoms with Crippen molar-refractivity contribution in [2.75, 3.05) is 30.8 Å². The molecule has 1 aromatic heterocycles. The molecule has 0 atom stereocenters. The molecule has 0 aliphatic rings. The average Bonchev–Trinajstić information content (AvgIpc) is 2.87. The van der Waals surface area contributed by atoms with E-state index in [1.54, 1.807) is 30.3 Å². The number of urea groups is 1. The molecule has 0 saturated carbocycles. The van der Waals surface area contributed by atoms with Crippen molar-refractivity contribution in [3.63, 3.8) is 0 Å². The van der Waals surface area contributed by atoms with Crippen molar-refractivity contribution in [3.8, 4) is 17.2 Å². The molecule has 3 amide bonds. The lowest BCUT2D eigenvalue weighted by Crippen LogP contribution is -2.27. The number of halogens is 3. The molecule has 0 aliphatic carbocycles. The number of nitrogens with one attached hydrogen (secondary N) is 4. The minimum atomic E-state index is -4.59. The minimum Gasteiger partial charge on any atom is -0.490 e. The maximum absolute atomic E-state index is 13.2. The zero-order valence-corrected chi connectivity index (χ0v) is 21.0. The molecule has 0 unspecified atom stereocenters. The number of ether oxygens (including phenoxy) is 2. The lowest BCUT2D eigenvalue weighted by atomic mass is 10.2. The summed E-state index contributed by atoms with van der Waals surface area (Å²) in [4.78, 5) is 28.3. The molecule has 3 aromatic rings. The van der Waals surface area contributed by atoms with Crippen LogP contribution in [0.5, 0.6) is 17.2 Å². The average molecular weight is 532 g/mol. The highest BCUT2D eigenvalue weighted by molar-refractivity contribution is 6.00. The number of nitrogens with zero attached hydrogens (tertiary/aromatic N) is 1. The number of hydrogen-bond donors (Lipinski definition) is 4. The SMILES string of the molecule is CNC(=O)c1cc(Oc2ccc(NC(=O)Nc3cc(C(F)(F)F)ccc3OCCNC(C)C)cc2)ccn1. The molecule has 0 radical (unpaired) electrons. The van der Waals surface area contributed by atoms with Gasteiger partial charge in [-0.3, -0.25) is 9.78 Å². The van der Waals surface area contributed by atoms with E-state index in [4.69, 9.17) is 9.47 Å². The van der Waals surface area contributed by atoms with Crippen LogP contribution in [0.3, 0.4) is 0 Å². The van der Waals surface area contributed by atoms with Gasteiger partial charge in [0.2, 0.25) is 0 Å². The summed E-state index contributed by atoms with van der Waals surface area (Å²) in [7, 11) is 1.49. The van der Waals surface area contributed by atoms with Gasteiger partial charge in [-0.15, -0.1) is 0 Å². The molecule has 3 rings (SSSR count). The van der Waals surface area contributed by atoms with E-state index < -0.39 is 17.8 Å². The topological polar surface area (TPSA) is 114 Å². The Kier molecular flexibility index (Phi) is 9.49. The Labute approximate surface area is 217 Å². The first kappa shape index (κ1) is 28.3. The zero-order chi connectivity index (χ0) is 27.7. The van der Waals surface area contributed by atoms with Crippen molar-refractivity contribution in [1.29, 1.82) is 0 Å². The summed E-state index contributed by atoms with van der Waals surface area (Å²) < 4.78 is 51.0. The first-order valence-electron chi connectivity index (χ1n) is 11.7. The van der Waals surface area contributed by atoms with Crippen molar-refractivity contribution >= 4 is 23.3 Å². The standard InChI is InChI=1S/C26H28F3N5O4/c1-16(2)31-12-13-37-23-9-4-17(26(27,28)29)14-21(23)34-25(36)33-18-5-7-19(8-6-18)38-20-10-11-32-22(15-20)24(35)30-3/h4-11,14-16,31H,12-13H2,1-3H3,(H,30,35)(H2,33,34,36). The third-order valence-corrected chi connectivity index (χ3v) is 5.01. The van der Waals surface area contributed by atoms with Crippen LogP contribution in [-0.2, 0) is 6.18 Å². The summed E-state index contributed by atoms with van der Waals surface area (Å²) in [6.45, 7) is 4.58. The van der Waals surface area contributed by atoms with Gasteiger partial charge in [0.25, 0.3) is 5.91 Å². The van der Waals surface area contributed by atoms with Crippen LogP contribution in [-0.4, -0.2) is 43.2 Å². The van der Waals surface area contributed by atoms with E-state index in [1.165, 1.54) is 25.4 Å². The summed E-state index contributed by atoms with van der Waals surface area (Å²) in [6, 6.07) is 11.7. The number of anilines is 2. The monoisotopic (exact) mass is 531 g/mol. The van der Waals surface area contributed by atoms with Crippen LogP contribution in [0.25, 0.3) is 0 Å². The van der Waals surface area contributed by atoms with E-state index in [2.05, 4.69) is 26.3 Å². The fourth-order valence-corrected chi connectivity index (χ4v) is 3.19. The first-order valence-corrected chi connectivity index (χ1v) is 11.7. The maximum Gasteiger partial charge on any atom is 0.416 e. The number of hydrogen-bond acceptors (Lipinski definition) is 6. The van der Waals surface area contributed by atoms with Crippen LogP contribution in [0, 0.1) is 0 Å². The van der Waals surface area contributed by atoms with Gasteiger partial charge in [-0.1, -0.05) is 13.8 Å². The molecule has 0 aliphatic heterocycles. The summed E-state index contributed by atoms with van der Waals surface area (Å²) in [5.41, 5.74) is -0.482. The Bertz CT molecular complexity index is 1250.